The van der Waals surface area contributed by atoms with E-state index in [2.05, 4.69) is 16.8 Å². The second-order valence-electron chi connectivity index (χ2n) is 8.90. The maximum absolute atomic E-state index is 13.0. The Kier molecular flexibility index (Phi) is 9.76. The summed E-state index contributed by atoms with van der Waals surface area (Å²) in [5.74, 6) is -0.0375. The van der Waals surface area contributed by atoms with Crippen molar-refractivity contribution in [3.8, 4) is 0 Å². The topological polar surface area (TPSA) is 183 Å². The summed E-state index contributed by atoms with van der Waals surface area (Å²) in [6.45, 7) is 4.31. The summed E-state index contributed by atoms with van der Waals surface area (Å²) >= 11 is 6.25. The number of rotatable bonds is 9. The van der Waals surface area contributed by atoms with E-state index >= 15 is 0 Å². The second kappa shape index (κ2) is 11.2. The number of phosphoric ester groups is 1. The van der Waals surface area contributed by atoms with E-state index < -0.39 is 65.0 Å². The quantitative estimate of drug-likeness (QED) is 0.183. The number of nitrogens with zero attached hydrogens (tertiary/aromatic N) is 1. The molecule has 0 aromatic heterocycles. The van der Waals surface area contributed by atoms with Crippen LogP contribution < -0.4 is 5.32 Å². The number of likely N-dealkylation sites (tertiary alicyclic amines) is 1. The first-order valence-electron chi connectivity index (χ1n) is 10.7. The van der Waals surface area contributed by atoms with E-state index in [-0.39, 0.29) is 5.91 Å². The molecule has 0 saturated carbocycles. The predicted molar refractivity (Wildman–Crippen MR) is 119 cm³/mol. The Morgan fingerprint density at radius 3 is 2.42 bits per heavy atom. The minimum atomic E-state index is -5.24. The van der Waals surface area contributed by atoms with Crippen molar-refractivity contribution in [2.75, 3.05) is 19.8 Å². The van der Waals surface area contributed by atoms with Crippen LogP contribution in [0.3, 0.4) is 0 Å². The molecule has 0 radical (unpaired) electrons. The number of hydrogen-bond acceptors (Lipinski definition) is 9. The van der Waals surface area contributed by atoms with Gasteiger partial charge in [-0.1, -0.05) is 13.3 Å². The Morgan fingerprint density at radius 1 is 1.33 bits per heavy atom. The van der Waals surface area contributed by atoms with Gasteiger partial charge in [-0.3, -0.25) is 14.2 Å². The van der Waals surface area contributed by atoms with Gasteiger partial charge >= 0.3 is 7.82 Å². The van der Waals surface area contributed by atoms with Gasteiger partial charge in [-0.25, -0.2) is 13.0 Å². The second-order valence-corrected chi connectivity index (χ2v) is 12.9. The van der Waals surface area contributed by atoms with Crippen LogP contribution in [0.15, 0.2) is 0 Å². The van der Waals surface area contributed by atoms with Gasteiger partial charge in [-0.15, -0.1) is 11.6 Å². The lowest BCUT2D eigenvalue weighted by atomic mass is 9.92. The molecule has 33 heavy (non-hydrogen) atoms. The number of aliphatic hydroxyl groups excluding tert-OH is 2. The molecule has 0 aromatic carbocycles. The Bertz CT molecular complexity index is 840. The summed E-state index contributed by atoms with van der Waals surface area (Å²) in [4.78, 5) is 33.1. The number of aliphatic hydroxyl groups is 2. The van der Waals surface area contributed by atoms with Gasteiger partial charge < -0.3 is 30.1 Å². The van der Waals surface area contributed by atoms with Crippen LogP contribution in [0.1, 0.15) is 33.1 Å². The number of nitrogens with one attached hydrogen (secondary N) is 1. The molecule has 5 N–H and O–H groups in total. The highest BCUT2D eigenvalue weighted by Gasteiger charge is 2.54. The van der Waals surface area contributed by atoms with Crippen LogP contribution in [-0.2, 0) is 28.5 Å². The molecule has 2 unspecified atom stereocenters. The van der Waals surface area contributed by atoms with Gasteiger partial charge in [0.05, 0.1) is 17.5 Å². The van der Waals surface area contributed by atoms with Gasteiger partial charge in [-0.2, -0.15) is 0 Å². The Hall–Kier alpha value is -0.340. The van der Waals surface area contributed by atoms with Gasteiger partial charge in [0.15, 0.2) is 15.3 Å². The molecule has 0 aromatic rings. The maximum atomic E-state index is 13.0. The standard InChI is InChI=1S/C18H34ClN2O10PS/c1-5-6-10-7-11(21(3)8-10)17(24)20-12(9(2)19)15-13(22)14(23)16(31-32(25,26)27)18(30-15)33(4,28)29/h9-16,18,22-23H,5-8H2,1-4H3,(H,20,24)(H2,25,26,27)/t9-,10+,11-,12+,13+,14+,15?,16?,18+/m0/s1. The van der Waals surface area contributed by atoms with Crippen molar-refractivity contribution >= 4 is 35.2 Å². The van der Waals surface area contributed by atoms with Crippen molar-refractivity contribution in [2.24, 2.45) is 5.92 Å². The average Bonchev–Trinajstić information content (AvgIpc) is 3.02. The summed E-state index contributed by atoms with van der Waals surface area (Å²) in [5.41, 5.74) is -2.02. The van der Waals surface area contributed by atoms with E-state index in [9.17, 15) is 28.0 Å². The molecule has 15 heteroatoms. The summed E-state index contributed by atoms with van der Waals surface area (Å²) in [6, 6.07) is -1.58. The Morgan fingerprint density at radius 2 is 1.94 bits per heavy atom. The molecule has 1 amide bonds. The lowest BCUT2D eigenvalue weighted by Crippen LogP contribution is -2.67. The van der Waals surface area contributed by atoms with Crippen LogP contribution in [0.5, 0.6) is 0 Å². The van der Waals surface area contributed by atoms with Crippen LogP contribution in [0.4, 0.5) is 0 Å². The number of ether oxygens (including phenoxy) is 1. The monoisotopic (exact) mass is 536 g/mol. The van der Waals surface area contributed by atoms with E-state index in [1.54, 1.807) is 0 Å². The number of hydrogen-bond donors (Lipinski definition) is 5. The number of alkyl halides is 1. The number of likely N-dealkylation sites (N-methyl/N-ethyl adjacent to an activating group) is 1. The Labute approximate surface area is 198 Å². The number of amides is 1. The van der Waals surface area contributed by atoms with Crippen LogP contribution in [-0.4, -0.2) is 106 Å². The van der Waals surface area contributed by atoms with Crippen LogP contribution in [0, 0.1) is 5.92 Å². The number of carbonyl (C=O) groups is 1. The number of sulfone groups is 1. The summed E-state index contributed by atoms with van der Waals surface area (Å²) in [5, 5.41) is 23.0. The van der Waals surface area contributed by atoms with Gasteiger partial charge in [0.1, 0.15) is 24.4 Å². The molecule has 0 bridgehead atoms. The molecular weight excluding hydrogens is 503 g/mol. The number of carbonyl (C=O) groups excluding carboxylic acids is 1. The van der Waals surface area contributed by atoms with Crippen molar-refractivity contribution in [1.29, 1.82) is 0 Å². The van der Waals surface area contributed by atoms with Crippen molar-refractivity contribution in [2.45, 2.75) is 80.4 Å². The third kappa shape index (κ3) is 7.33. The molecular formula is C18H34ClN2O10PS. The van der Waals surface area contributed by atoms with Crippen LogP contribution in [0.2, 0.25) is 0 Å². The van der Waals surface area contributed by atoms with Crippen LogP contribution in [0.25, 0.3) is 0 Å². The van der Waals surface area contributed by atoms with Gasteiger partial charge in [0.2, 0.25) is 5.91 Å². The van der Waals surface area contributed by atoms with Crippen molar-refractivity contribution in [1.82, 2.24) is 10.2 Å². The lowest BCUT2D eigenvalue weighted by molar-refractivity contribution is -0.203. The third-order valence-electron chi connectivity index (χ3n) is 6.06. The maximum Gasteiger partial charge on any atom is 0.470 e. The predicted octanol–water partition coefficient (Wildman–Crippen LogP) is -0.812. The van der Waals surface area contributed by atoms with Gasteiger partial charge in [-0.05, 0) is 32.7 Å². The third-order valence-corrected chi connectivity index (χ3v) is 8.07. The Balaban J connectivity index is 2.27. The highest BCUT2D eigenvalue weighted by Crippen LogP contribution is 2.42. The van der Waals surface area contributed by atoms with Crippen LogP contribution >= 0.6 is 19.4 Å². The van der Waals surface area contributed by atoms with E-state index in [1.807, 2.05) is 11.9 Å². The smallest absolute Gasteiger partial charge is 0.388 e. The molecule has 2 fully saturated rings. The van der Waals surface area contributed by atoms with Crippen molar-refractivity contribution in [3.05, 3.63) is 0 Å². The van der Waals surface area contributed by atoms with Gasteiger partial charge in [0, 0.05) is 12.8 Å². The highest BCUT2D eigenvalue weighted by molar-refractivity contribution is 7.91. The fourth-order valence-electron chi connectivity index (χ4n) is 4.52. The fourth-order valence-corrected chi connectivity index (χ4v) is 6.40. The molecule has 0 aliphatic carbocycles. The number of halogens is 1. The minimum Gasteiger partial charge on any atom is -0.388 e. The van der Waals surface area contributed by atoms with Crippen molar-refractivity contribution in [3.63, 3.8) is 0 Å². The zero-order chi connectivity index (χ0) is 25.3. The zero-order valence-corrected chi connectivity index (χ0v) is 21.4. The molecule has 2 rings (SSSR count). The average molecular weight is 537 g/mol. The van der Waals surface area contributed by atoms with Crippen molar-refractivity contribution < 1.29 is 47.0 Å². The molecule has 9 atom stereocenters. The first kappa shape index (κ1) is 28.9. The van der Waals surface area contributed by atoms with Gasteiger partial charge in [0.25, 0.3) is 0 Å². The fraction of sp³-hybridized carbons (Fsp3) is 0.944. The summed E-state index contributed by atoms with van der Waals surface area (Å²) in [6.07, 6.45) is -4.16. The largest absolute Gasteiger partial charge is 0.470 e. The summed E-state index contributed by atoms with van der Waals surface area (Å²) < 4.78 is 45.7. The summed E-state index contributed by atoms with van der Waals surface area (Å²) in [7, 11) is -7.61. The van der Waals surface area contributed by atoms with E-state index in [0.717, 1.165) is 25.6 Å². The normalized spacial score (nSPS) is 35.8. The lowest BCUT2D eigenvalue weighted by Gasteiger charge is -2.45. The molecule has 0 spiro atoms. The van der Waals surface area contributed by atoms with E-state index in [1.165, 1.54) is 6.92 Å². The first-order chi connectivity index (χ1) is 15.1. The van der Waals surface area contributed by atoms with E-state index in [0.29, 0.717) is 12.3 Å². The molecule has 2 aliphatic heterocycles. The SMILES string of the molecule is CCC[C@@H]1C[C@@H](C(=O)N[C@@H](C2O[C@H](S(C)(=O)=O)C(OP(=O)(O)O)[C@H](O)[C@H]2O)[C@H](C)Cl)N(C)C1. The minimum absolute atomic E-state index is 0.348. The molecule has 2 aliphatic rings. The van der Waals surface area contributed by atoms with E-state index in [4.69, 9.17) is 26.1 Å². The molecule has 12 nitrogen and oxygen atoms in total. The molecule has 194 valence electrons. The first-order valence-corrected chi connectivity index (χ1v) is 14.6. The number of phosphoric acid groups is 1. The molecule has 2 saturated heterocycles. The highest BCUT2D eigenvalue weighted by atomic mass is 35.5. The zero-order valence-electron chi connectivity index (χ0n) is 18.9. The molecule has 2 heterocycles.